The molecule has 0 spiro atoms. The van der Waals surface area contributed by atoms with Crippen molar-refractivity contribution in [1.82, 2.24) is 0 Å². The SMILES string of the molecule is C=Cc1ccccc1S(=O)(=O)O.[H-].[Na+]. The van der Waals surface area contributed by atoms with E-state index < -0.39 is 10.1 Å². The Balaban J connectivity index is 0. The van der Waals surface area contributed by atoms with Gasteiger partial charge in [-0.3, -0.25) is 4.55 Å². The third-order valence-electron chi connectivity index (χ3n) is 1.42. The first-order valence-electron chi connectivity index (χ1n) is 3.24. The van der Waals surface area contributed by atoms with Crippen molar-refractivity contribution >= 4 is 16.2 Å². The van der Waals surface area contributed by atoms with Gasteiger partial charge in [-0.2, -0.15) is 8.42 Å². The van der Waals surface area contributed by atoms with Crippen molar-refractivity contribution in [2.45, 2.75) is 4.90 Å². The van der Waals surface area contributed by atoms with Crippen LogP contribution in [-0.2, 0) is 10.1 Å². The summed E-state index contributed by atoms with van der Waals surface area (Å²) >= 11 is 0. The fourth-order valence-electron chi connectivity index (χ4n) is 0.884. The molecule has 0 aliphatic carbocycles. The summed E-state index contributed by atoms with van der Waals surface area (Å²) in [5.41, 5.74) is 0.403. The van der Waals surface area contributed by atoms with Crippen LogP contribution in [0.5, 0.6) is 0 Å². The van der Waals surface area contributed by atoms with Crippen LogP contribution in [0.3, 0.4) is 0 Å². The predicted molar refractivity (Wildman–Crippen MR) is 47.5 cm³/mol. The number of hydrogen-bond acceptors (Lipinski definition) is 2. The quantitative estimate of drug-likeness (QED) is 0.485. The second-order valence-electron chi connectivity index (χ2n) is 2.22. The van der Waals surface area contributed by atoms with Crippen molar-refractivity contribution in [2.24, 2.45) is 0 Å². The topological polar surface area (TPSA) is 54.4 Å². The molecule has 1 aromatic rings. The molecule has 66 valence electrons. The second-order valence-corrected chi connectivity index (χ2v) is 3.61. The Kier molecular flexibility index (Phi) is 4.88. The molecule has 3 nitrogen and oxygen atoms in total. The molecule has 0 radical (unpaired) electrons. The van der Waals surface area contributed by atoms with E-state index in [1.54, 1.807) is 12.1 Å². The first-order valence-corrected chi connectivity index (χ1v) is 4.68. The molecule has 0 bridgehead atoms. The summed E-state index contributed by atoms with van der Waals surface area (Å²) in [7, 11) is -4.12. The first-order chi connectivity index (χ1) is 5.55. The smallest absolute Gasteiger partial charge is 1.00 e. The maximum atomic E-state index is 10.7. The fraction of sp³-hybridized carbons (Fsp3) is 0. The molecule has 0 atom stereocenters. The molecule has 0 fully saturated rings. The Bertz CT molecular complexity index is 403. The van der Waals surface area contributed by atoms with Gasteiger partial charge in [0.05, 0.1) is 0 Å². The minimum Gasteiger partial charge on any atom is -1.00 e. The largest absolute Gasteiger partial charge is 1.00 e. The molecule has 5 heteroatoms. The van der Waals surface area contributed by atoms with Crippen LogP contribution in [0.25, 0.3) is 6.08 Å². The van der Waals surface area contributed by atoms with Gasteiger partial charge in [-0.25, -0.2) is 0 Å². The Morgan fingerprint density at radius 1 is 1.38 bits per heavy atom. The Morgan fingerprint density at radius 3 is 2.31 bits per heavy atom. The van der Waals surface area contributed by atoms with E-state index >= 15 is 0 Å². The van der Waals surface area contributed by atoms with Crippen LogP contribution < -0.4 is 29.6 Å². The molecular formula is C8H9NaO3S. The molecule has 0 heterocycles. The van der Waals surface area contributed by atoms with E-state index in [0.29, 0.717) is 5.56 Å². The summed E-state index contributed by atoms with van der Waals surface area (Å²) in [4.78, 5) is -0.111. The normalized spacial score (nSPS) is 10.2. The standard InChI is InChI=1S/C8H8O3S.Na.H/c1-2-7-5-3-4-6-8(7)12(9,10)11;;/h2-6H,1H2,(H,9,10,11);;/q;+1;-1. The average Bonchev–Trinajstić information content (AvgIpc) is 2.03. The van der Waals surface area contributed by atoms with Crippen LogP contribution in [0.2, 0.25) is 0 Å². The van der Waals surface area contributed by atoms with E-state index in [9.17, 15) is 8.42 Å². The number of hydrogen-bond donors (Lipinski definition) is 1. The van der Waals surface area contributed by atoms with Crippen molar-refractivity contribution in [3.63, 3.8) is 0 Å². The van der Waals surface area contributed by atoms with Crippen molar-refractivity contribution in [3.8, 4) is 0 Å². The zero-order valence-corrected chi connectivity index (χ0v) is 10.1. The van der Waals surface area contributed by atoms with Crippen LogP contribution in [0.4, 0.5) is 0 Å². The third kappa shape index (κ3) is 3.25. The Morgan fingerprint density at radius 2 is 1.92 bits per heavy atom. The molecule has 0 saturated heterocycles. The molecule has 0 aromatic heterocycles. The van der Waals surface area contributed by atoms with E-state index in [2.05, 4.69) is 6.58 Å². The summed E-state index contributed by atoms with van der Waals surface area (Å²) in [5, 5.41) is 0. The summed E-state index contributed by atoms with van der Waals surface area (Å²) < 4.78 is 30.2. The predicted octanol–water partition coefficient (Wildman–Crippen LogP) is -1.31. The van der Waals surface area contributed by atoms with Crippen molar-refractivity contribution in [2.75, 3.05) is 0 Å². The van der Waals surface area contributed by atoms with Crippen molar-refractivity contribution in [1.29, 1.82) is 0 Å². The van der Waals surface area contributed by atoms with Crippen LogP contribution in [0.1, 0.15) is 6.99 Å². The van der Waals surface area contributed by atoms with Crippen molar-refractivity contribution < 1.29 is 44.0 Å². The van der Waals surface area contributed by atoms with Gasteiger partial charge in [-0.05, 0) is 11.6 Å². The van der Waals surface area contributed by atoms with Gasteiger partial charge in [0.25, 0.3) is 10.1 Å². The van der Waals surface area contributed by atoms with Gasteiger partial charge in [0, 0.05) is 0 Å². The van der Waals surface area contributed by atoms with Gasteiger partial charge < -0.3 is 1.43 Å². The molecule has 0 unspecified atom stereocenters. The Labute approximate surface area is 101 Å². The Hall–Kier alpha value is -0.130. The zero-order valence-electron chi connectivity index (χ0n) is 8.27. The maximum Gasteiger partial charge on any atom is 1.00 e. The molecule has 0 aliphatic rings. The molecule has 1 aromatic carbocycles. The summed E-state index contributed by atoms with van der Waals surface area (Å²) in [6.07, 6.45) is 1.38. The third-order valence-corrected chi connectivity index (χ3v) is 2.34. The minimum absolute atomic E-state index is 0. The molecule has 1 rings (SSSR count). The van der Waals surface area contributed by atoms with E-state index in [4.69, 9.17) is 4.55 Å². The molecule has 0 saturated carbocycles. The van der Waals surface area contributed by atoms with E-state index in [1.165, 1.54) is 18.2 Å². The average molecular weight is 208 g/mol. The fourth-order valence-corrected chi connectivity index (χ4v) is 1.58. The molecule has 1 N–H and O–H groups in total. The van der Waals surface area contributed by atoms with E-state index in [0.717, 1.165) is 0 Å². The summed E-state index contributed by atoms with van der Waals surface area (Å²) in [6, 6.07) is 6.10. The number of rotatable bonds is 2. The van der Waals surface area contributed by atoms with Gasteiger partial charge in [0.1, 0.15) is 4.90 Å². The van der Waals surface area contributed by atoms with Crippen molar-refractivity contribution in [3.05, 3.63) is 36.4 Å². The van der Waals surface area contributed by atoms with Gasteiger partial charge in [0.15, 0.2) is 0 Å². The van der Waals surface area contributed by atoms with E-state index in [1.807, 2.05) is 0 Å². The zero-order chi connectivity index (χ0) is 9.19. The maximum absolute atomic E-state index is 10.7. The summed E-state index contributed by atoms with van der Waals surface area (Å²) in [6.45, 7) is 3.43. The van der Waals surface area contributed by atoms with Crippen LogP contribution in [0, 0.1) is 0 Å². The molecule has 13 heavy (non-hydrogen) atoms. The first kappa shape index (κ1) is 12.9. The van der Waals surface area contributed by atoms with Crippen LogP contribution in [0.15, 0.2) is 35.7 Å². The van der Waals surface area contributed by atoms with Gasteiger partial charge in [0.2, 0.25) is 0 Å². The summed E-state index contributed by atoms with van der Waals surface area (Å²) in [5.74, 6) is 0. The monoisotopic (exact) mass is 208 g/mol. The molecule has 0 aliphatic heterocycles. The van der Waals surface area contributed by atoms with Gasteiger partial charge in [-0.15, -0.1) is 0 Å². The number of benzene rings is 1. The van der Waals surface area contributed by atoms with E-state index in [-0.39, 0.29) is 35.9 Å². The molecule has 0 amide bonds. The van der Waals surface area contributed by atoms with Gasteiger partial charge in [-0.1, -0.05) is 30.9 Å². The van der Waals surface area contributed by atoms with Crippen LogP contribution >= 0.6 is 0 Å². The second kappa shape index (κ2) is 4.93. The molecular weight excluding hydrogens is 199 g/mol. The van der Waals surface area contributed by atoms with Gasteiger partial charge >= 0.3 is 29.6 Å². The van der Waals surface area contributed by atoms with Crippen LogP contribution in [-0.4, -0.2) is 13.0 Å². The minimum atomic E-state index is -4.12.